The van der Waals surface area contributed by atoms with Crippen LogP contribution in [0.1, 0.15) is 17.3 Å². The minimum Gasteiger partial charge on any atom is -0.465 e. The summed E-state index contributed by atoms with van der Waals surface area (Å²) in [4.78, 5) is 28.4. The maximum absolute atomic E-state index is 12.3. The Morgan fingerprint density at radius 1 is 1.10 bits per heavy atom. The van der Waals surface area contributed by atoms with Crippen molar-refractivity contribution in [2.45, 2.75) is 18.6 Å². The normalized spacial score (nSPS) is 11.0. The van der Waals surface area contributed by atoms with Gasteiger partial charge in [0.25, 0.3) is 0 Å². The first-order valence-electron chi connectivity index (χ1n) is 9.33. The van der Waals surface area contributed by atoms with Crippen molar-refractivity contribution in [3.63, 3.8) is 0 Å². The topological polar surface area (TPSA) is 99.0 Å². The second kappa shape index (κ2) is 8.50. The largest absolute Gasteiger partial charge is 0.465 e. The van der Waals surface area contributed by atoms with E-state index in [1.807, 2.05) is 24.3 Å². The van der Waals surface area contributed by atoms with E-state index in [4.69, 9.17) is 0 Å². The summed E-state index contributed by atoms with van der Waals surface area (Å²) in [6, 6.07) is 14.5. The third-order valence-electron chi connectivity index (χ3n) is 4.59. The van der Waals surface area contributed by atoms with Crippen molar-refractivity contribution in [3.05, 3.63) is 54.1 Å². The first-order valence-corrected chi connectivity index (χ1v) is 10.3. The van der Waals surface area contributed by atoms with Crippen LogP contribution in [0, 0.1) is 0 Å². The lowest BCUT2D eigenvalue weighted by molar-refractivity contribution is -0.113. The summed E-state index contributed by atoms with van der Waals surface area (Å²) in [6.45, 7) is 2.81. The van der Waals surface area contributed by atoms with E-state index in [1.54, 1.807) is 24.3 Å². The van der Waals surface area contributed by atoms with Gasteiger partial charge in [0, 0.05) is 17.6 Å². The number of rotatable bonds is 6. The number of nitrogens with zero attached hydrogens (tertiary/aromatic N) is 4. The van der Waals surface area contributed by atoms with Gasteiger partial charge in [0.05, 0.1) is 23.9 Å². The van der Waals surface area contributed by atoms with Gasteiger partial charge in [-0.3, -0.25) is 4.79 Å². The fourth-order valence-corrected chi connectivity index (χ4v) is 3.79. The Hall–Kier alpha value is -3.46. The van der Waals surface area contributed by atoms with Crippen LogP contribution in [0.5, 0.6) is 0 Å². The second-order valence-electron chi connectivity index (χ2n) is 6.43. The molecule has 4 aromatic rings. The summed E-state index contributed by atoms with van der Waals surface area (Å²) in [5.41, 5.74) is 3.59. The Bertz CT molecular complexity index is 1240. The highest BCUT2D eigenvalue weighted by Crippen LogP contribution is 2.27. The van der Waals surface area contributed by atoms with Gasteiger partial charge in [-0.05, 0) is 37.3 Å². The SMILES string of the molecule is CCn1c2ccccc2c2nnc(SCC(=O)Nc3ccc(C(=O)OC)cc3)nc21. The molecular weight excluding hydrogens is 402 g/mol. The highest BCUT2D eigenvalue weighted by atomic mass is 32.2. The van der Waals surface area contributed by atoms with Gasteiger partial charge in [-0.1, -0.05) is 30.0 Å². The van der Waals surface area contributed by atoms with Crippen molar-refractivity contribution in [3.8, 4) is 0 Å². The van der Waals surface area contributed by atoms with Crippen molar-refractivity contribution in [2.24, 2.45) is 0 Å². The van der Waals surface area contributed by atoms with Crippen molar-refractivity contribution < 1.29 is 14.3 Å². The van der Waals surface area contributed by atoms with Crippen LogP contribution in [0.15, 0.2) is 53.7 Å². The average molecular weight is 421 g/mol. The number of carbonyl (C=O) groups is 2. The summed E-state index contributed by atoms with van der Waals surface area (Å²) in [5, 5.41) is 12.8. The zero-order valence-electron chi connectivity index (χ0n) is 16.5. The number of thioether (sulfide) groups is 1. The second-order valence-corrected chi connectivity index (χ2v) is 7.38. The van der Waals surface area contributed by atoms with Crippen molar-refractivity contribution in [1.29, 1.82) is 0 Å². The number of para-hydroxylation sites is 1. The molecule has 0 spiro atoms. The molecule has 4 rings (SSSR count). The molecule has 2 aromatic heterocycles. The number of aryl methyl sites for hydroxylation is 1. The standard InChI is InChI=1S/C21H19N5O3S/c1-3-26-16-7-5-4-6-15(16)18-19(26)23-21(25-24-18)30-12-17(27)22-14-10-8-13(9-11-14)20(28)29-2/h4-11H,3,12H2,1-2H3,(H,22,27). The van der Waals surface area contributed by atoms with Gasteiger partial charge in [-0.2, -0.15) is 0 Å². The van der Waals surface area contributed by atoms with Crippen LogP contribution in [0.2, 0.25) is 0 Å². The van der Waals surface area contributed by atoms with Gasteiger partial charge >= 0.3 is 5.97 Å². The number of carbonyl (C=O) groups excluding carboxylic acids is 2. The van der Waals surface area contributed by atoms with Crippen LogP contribution in [-0.4, -0.2) is 44.5 Å². The van der Waals surface area contributed by atoms with E-state index < -0.39 is 5.97 Å². The number of methoxy groups -OCH3 is 1. The van der Waals surface area contributed by atoms with E-state index in [0.717, 1.165) is 28.6 Å². The molecule has 0 radical (unpaired) electrons. The third kappa shape index (κ3) is 3.84. The Morgan fingerprint density at radius 3 is 2.60 bits per heavy atom. The first-order chi connectivity index (χ1) is 14.6. The van der Waals surface area contributed by atoms with Gasteiger partial charge in [0.1, 0.15) is 5.52 Å². The maximum atomic E-state index is 12.3. The number of anilines is 1. The Labute approximate surface area is 176 Å². The molecule has 0 bridgehead atoms. The number of esters is 1. The molecule has 0 saturated heterocycles. The van der Waals surface area contributed by atoms with Gasteiger partial charge < -0.3 is 14.6 Å². The fraction of sp³-hybridized carbons (Fsp3) is 0.190. The van der Waals surface area contributed by atoms with Gasteiger partial charge in [-0.25, -0.2) is 9.78 Å². The summed E-state index contributed by atoms with van der Waals surface area (Å²) >= 11 is 1.22. The molecule has 0 aliphatic rings. The van der Waals surface area contributed by atoms with Crippen molar-refractivity contribution in [1.82, 2.24) is 19.7 Å². The first kappa shape index (κ1) is 19.8. The highest BCUT2D eigenvalue weighted by molar-refractivity contribution is 7.99. The number of amides is 1. The zero-order valence-corrected chi connectivity index (χ0v) is 17.3. The molecular formula is C21H19N5O3S. The molecule has 0 unspecified atom stereocenters. The Kier molecular flexibility index (Phi) is 5.62. The smallest absolute Gasteiger partial charge is 0.337 e. The van der Waals surface area contributed by atoms with Crippen LogP contribution in [-0.2, 0) is 16.1 Å². The quantitative estimate of drug-likeness (QED) is 0.376. The number of fused-ring (bicyclic) bond motifs is 3. The van der Waals surface area contributed by atoms with Gasteiger partial charge in [0.2, 0.25) is 11.1 Å². The van der Waals surface area contributed by atoms with Crippen molar-refractivity contribution >= 4 is 51.4 Å². The molecule has 0 aliphatic heterocycles. The highest BCUT2D eigenvalue weighted by Gasteiger charge is 2.14. The van der Waals surface area contributed by atoms with Crippen LogP contribution in [0.3, 0.4) is 0 Å². The number of hydrogen-bond acceptors (Lipinski definition) is 7. The summed E-state index contributed by atoms with van der Waals surface area (Å²) in [7, 11) is 1.32. The number of ether oxygens (including phenoxy) is 1. The minimum absolute atomic E-state index is 0.137. The molecule has 152 valence electrons. The lowest BCUT2D eigenvalue weighted by atomic mass is 10.2. The van der Waals surface area contributed by atoms with E-state index in [-0.39, 0.29) is 11.7 Å². The number of nitrogens with one attached hydrogen (secondary N) is 1. The minimum atomic E-state index is -0.423. The average Bonchev–Trinajstić information content (AvgIpc) is 3.10. The molecule has 9 heteroatoms. The Morgan fingerprint density at radius 2 is 1.87 bits per heavy atom. The summed E-state index contributed by atoms with van der Waals surface area (Å²) in [6.07, 6.45) is 0. The Balaban J connectivity index is 1.46. The van der Waals surface area contributed by atoms with Crippen LogP contribution in [0.25, 0.3) is 22.1 Å². The number of aromatic nitrogens is 4. The molecule has 0 fully saturated rings. The number of benzene rings is 2. The lowest BCUT2D eigenvalue weighted by Crippen LogP contribution is -2.14. The molecule has 1 N–H and O–H groups in total. The third-order valence-corrected chi connectivity index (χ3v) is 5.43. The molecule has 2 aromatic carbocycles. The van der Waals surface area contributed by atoms with E-state index in [9.17, 15) is 9.59 Å². The monoisotopic (exact) mass is 421 g/mol. The van der Waals surface area contributed by atoms with Crippen LogP contribution in [0.4, 0.5) is 5.69 Å². The van der Waals surface area contributed by atoms with E-state index in [1.165, 1.54) is 18.9 Å². The van der Waals surface area contributed by atoms with Crippen LogP contribution >= 0.6 is 11.8 Å². The molecule has 0 saturated carbocycles. The lowest BCUT2D eigenvalue weighted by Gasteiger charge is -2.06. The molecule has 0 atom stereocenters. The van der Waals surface area contributed by atoms with Gasteiger partial charge in [-0.15, -0.1) is 10.2 Å². The predicted octanol–water partition coefficient (Wildman–Crippen LogP) is 3.52. The number of hydrogen-bond donors (Lipinski definition) is 1. The molecule has 1 amide bonds. The molecule has 30 heavy (non-hydrogen) atoms. The molecule has 8 nitrogen and oxygen atoms in total. The van der Waals surface area contributed by atoms with E-state index in [0.29, 0.717) is 16.4 Å². The van der Waals surface area contributed by atoms with E-state index >= 15 is 0 Å². The fourth-order valence-electron chi connectivity index (χ4n) is 3.21. The van der Waals surface area contributed by atoms with Crippen LogP contribution < -0.4 is 5.32 Å². The zero-order chi connectivity index (χ0) is 21.1. The van der Waals surface area contributed by atoms with Crippen molar-refractivity contribution in [2.75, 3.05) is 18.2 Å². The van der Waals surface area contributed by atoms with Gasteiger partial charge in [0.15, 0.2) is 5.65 Å². The van der Waals surface area contributed by atoms with E-state index in [2.05, 4.69) is 36.7 Å². The molecule has 2 heterocycles. The maximum Gasteiger partial charge on any atom is 0.337 e. The molecule has 0 aliphatic carbocycles. The predicted molar refractivity (Wildman–Crippen MR) is 116 cm³/mol. The summed E-state index contributed by atoms with van der Waals surface area (Å²) in [5.74, 6) is -0.489. The summed E-state index contributed by atoms with van der Waals surface area (Å²) < 4.78 is 6.75.